The monoisotopic (exact) mass is 253 g/mol. The molecular formula is C8H15NO6S. The number of nitrogens with one attached hydrogen (secondary N) is 1. The smallest absolute Gasteiger partial charge is 0.321 e. The van der Waals surface area contributed by atoms with Gasteiger partial charge in [0.15, 0.2) is 6.29 Å². The summed E-state index contributed by atoms with van der Waals surface area (Å²) in [6.07, 6.45) is -4.28. The molecule has 1 fully saturated rings. The Labute approximate surface area is 96.4 Å². The molecule has 0 radical (unpaired) electrons. The minimum Gasteiger partial charge on any atom is -0.480 e. The molecule has 0 amide bonds. The van der Waals surface area contributed by atoms with Crippen LogP contribution in [-0.4, -0.2) is 69.2 Å². The number of carboxylic acids is 1. The maximum Gasteiger partial charge on any atom is 0.321 e. The van der Waals surface area contributed by atoms with Gasteiger partial charge >= 0.3 is 5.97 Å². The summed E-state index contributed by atoms with van der Waals surface area (Å²) in [6, 6.07) is -0.753. The molecule has 94 valence electrons. The van der Waals surface area contributed by atoms with Crippen molar-refractivity contribution >= 4 is 17.7 Å². The molecule has 7 nitrogen and oxygen atoms in total. The molecule has 1 heterocycles. The van der Waals surface area contributed by atoms with Crippen LogP contribution in [0.15, 0.2) is 0 Å². The number of hydrogen-bond acceptors (Lipinski definition) is 7. The van der Waals surface area contributed by atoms with E-state index < -0.39 is 35.9 Å². The molecule has 0 aromatic heterocycles. The molecule has 0 spiro atoms. The van der Waals surface area contributed by atoms with Gasteiger partial charge in [-0.3, -0.25) is 10.1 Å². The van der Waals surface area contributed by atoms with E-state index in [0.717, 1.165) is 0 Å². The molecule has 16 heavy (non-hydrogen) atoms. The Morgan fingerprint density at radius 3 is 2.56 bits per heavy atom. The Balaban J connectivity index is 2.50. The zero-order chi connectivity index (χ0) is 12.3. The number of methoxy groups -OCH3 is 1. The predicted octanol–water partition coefficient (Wildman–Crippen LogP) is -2.21. The Hall–Kier alpha value is -0.380. The van der Waals surface area contributed by atoms with Crippen LogP contribution in [0.1, 0.15) is 0 Å². The van der Waals surface area contributed by atoms with Gasteiger partial charge in [-0.1, -0.05) is 0 Å². The Kier molecular flexibility index (Phi) is 4.96. The molecule has 1 rings (SSSR count). The van der Waals surface area contributed by atoms with Crippen LogP contribution in [0.25, 0.3) is 0 Å². The Bertz CT molecular complexity index is 253. The summed E-state index contributed by atoms with van der Waals surface area (Å²) in [4.78, 5) is 10.6. The number of thioether (sulfide) groups is 1. The number of aliphatic carboxylic acids is 1. The lowest BCUT2D eigenvalue weighted by Gasteiger charge is -2.25. The van der Waals surface area contributed by atoms with E-state index in [2.05, 4.69) is 10.1 Å². The highest BCUT2D eigenvalue weighted by Gasteiger charge is 2.38. The molecule has 0 bridgehead atoms. The maximum atomic E-state index is 10.6. The van der Waals surface area contributed by atoms with Crippen molar-refractivity contribution in [3.05, 3.63) is 0 Å². The van der Waals surface area contributed by atoms with Gasteiger partial charge in [-0.2, -0.15) is 0 Å². The standard InChI is InChI=1S/C8H15NO6S/c1-15-8(14)5(11)4(10)6-9-3(2-16-6)7(12)13/h3-6,8-11,14H,2H2,1H3,(H,12,13). The highest BCUT2D eigenvalue weighted by Crippen LogP contribution is 2.24. The van der Waals surface area contributed by atoms with Crippen LogP contribution in [0, 0.1) is 0 Å². The number of aliphatic hydroxyl groups excluding tert-OH is 3. The molecule has 1 aliphatic heterocycles. The van der Waals surface area contributed by atoms with E-state index in [1.807, 2.05) is 0 Å². The molecule has 0 saturated carbocycles. The summed E-state index contributed by atoms with van der Waals surface area (Å²) in [5.74, 6) is -0.712. The maximum absolute atomic E-state index is 10.6. The quantitative estimate of drug-likeness (QED) is 0.350. The molecular weight excluding hydrogens is 238 g/mol. The average molecular weight is 253 g/mol. The number of carbonyl (C=O) groups is 1. The lowest BCUT2D eigenvalue weighted by molar-refractivity contribution is -0.175. The molecule has 0 aromatic carbocycles. The van der Waals surface area contributed by atoms with Crippen molar-refractivity contribution in [1.82, 2.24) is 5.32 Å². The van der Waals surface area contributed by atoms with Gasteiger partial charge in [0.25, 0.3) is 0 Å². The molecule has 0 aliphatic carbocycles. The predicted molar refractivity (Wildman–Crippen MR) is 55.8 cm³/mol. The van der Waals surface area contributed by atoms with Gasteiger partial charge in [0, 0.05) is 12.9 Å². The fraction of sp³-hybridized carbons (Fsp3) is 0.875. The van der Waals surface area contributed by atoms with Crippen molar-refractivity contribution in [2.45, 2.75) is 29.9 Å². The van der Waals surface area contributed by atoms with Crippen molar-refractivity contribution in [3.8, 4) is 0 Å². The van der Waals surface area contributed by atoms with Crippen molar-refractivity contribution in [2.24, 2.45) is 0 Å². The zero-order valence-electron chi connectivity index (χ0n) is 8.61. The van der Waals surface area contributed by atoms with Crippen LogP contribution in [0.5, 0.6) is 0 Å². The summed E-state index contributed by atoms with van der Waals surface area (Å²) >= 11 is 1.17. The van der Waals surface area contributed by atoms with Gasteiger partial charge in [0.1, 0.15) is 18.2 Å². The van der Waals surface area contributed by atoms with E-state index >= 15 is 0 Å². The largest absolute Gasteiger partial charge is 0.480 e. The molecule has 0 aromatic rings. The number of carboxylic acid groups (broad SMARTS) is 1. The minimum absolute atomic E-state index is 0.298. The fourth-order valence-electron chi connectivity index (χ4n) is 1.32. The second-order valence-electron chi connectivity index (χ2n) is 3.42. The normalized spacial score (nSPS) is 31.0. The summed E-state index contributed by atoms with van der Waals surface area (Å²) in [6.45, 7) is 0. The third kappa shape index (κ3) is 3.06. The van der Waals surface area contributed by atoms with Crippen molar-refractivity contribution in [1.29, 1.82) is 0 Å². The van der Waals surface area contributed by atoms with Gasteiger partial charge in [0.2, 0.25) is 0 Å². The van der Waals surface area contributed by atoms with Gasteiger partial charge in [-0.15, -0.1) is 11.8 Å². The minimum atomic E-state index is -1.50. The Morgan fingerprint density at radius 2 is 2.12 bits per heavy atom. The molecule has 1 saturated heterocycles. The van der Waals surface area contributed by atoms with E-state index in [0.29, 0.717) is 5.75 Å². The molecule has 5 unspecified atom stereocenters. The molecule has 5 atom stereocenters. The number of rotatable bonds is 5. The van der Waals surface area contributed by atoms with E-state index in [4.69, 9.17) is 10.2 Å². The van der Waals surface area contributed by atoms with Crippen molar-refractivity contribution in [2.75, 3.05) is 12.9 Å². The average Bonchev–Trinajstić information content (AvgIpc) is 2.75. The highest BCUT2D eigenvalue weighted by atomic mass is 32.2. The first-order valence-corrected chi connectivity index (χ1v) is 5.69. The first-order valence-electron chi connectivity index (χ1n) is 4.64. The number of hydrogen-bond donors (Lipinski definition) is 5. The summed E-state index contributed by atoms with van der Waals surface area (Å²) in [5, 5.41) is 39.0. The van der Waals surface area contributed by atoms with E-state index in [1.54, 1.807) is 0 Å². The second-order valence-corrected chi connectivity index (χ2v) is 4.59. The van der Waals surface area contributed by atoms with Crippen LogP contribution in [0.4, 0.5) is 0 Å². The summed E-state index contributed by atoms with van der Waals surface area (Å²) in [5.41, 5.74) is 0. The second kappa shape index (κ2) is 5.80. The number of aliphatic hydroxyl groups is 3. The van der Waals surface area contributed by atoms with Crippen LogP contribution in [-0.2, 0) is 9.53 Å². The van der Waals surface area contributed by atoms with Crippen LogP contribution < -0.4 is 5.32 Å². The lowest BCUT2D eigenvalue weighted by atomic mass is 10.2. The zero-order valence-corrected chi connectivity index (χ0v) is 9.42. The topological polar surface area (TPSA) is 119 Å². The van der Waals surface area contributed by atoms with Gasteiger partial charge in [0.05, 0.1) is 5.37 Å². The SMILES string of the molecule is COC(O)C(O)C(O)C1NC(C(=O)O)CS1. The van der Waals surface area contributed by atoms with Crippen LogP contribution in [0.3, 0.4) is 0 Å². The molecule has 1 aliphatic rings. The fourth-order valence-corrected chi connectivity index (χ4v) is 2.58. The highest BCUT2D eigenvalue weighted by molar-refractivity contribution is 8.00. The van der Waals surface area contributed by atoms with Gasteiger partial charge in [-0.25, -0.2) is 0 Å². The van der Waals surface area contributed by atoms with Crippen LogP contribution >= 0.6 is 11.8 Å². The summed E-state index contributed by atoms with van der Waals surface area (Å²) in [7, 11) is 1.19. The number of ether oxygens (including phenoxy) is 1. The van der Waals surface area contributed by atoms with E-state index in [1.165, 1.54) is 18.9 Å². The Morgan fingerprint density at radius 1 is 1.50 bits per heavy atom. The third-order valence-electron chi connectivity index (χ3n) is 2.30. The van der Waals surface area contributed by atoms with Gasteiger partial charge in [-0.05, 0) is 0 Å². The third-order valence-corrected chi connectivity index (χ3v) is 3.60. The van der Waals surface area contributed by atoms with E-state index in [9.17, 15) is 15.0 Å². The van der Waals surface area contributed by atoms with Crippen LogP contribution in [0.2, 0.25) is 0 Å². The van der Waals surface area contributed by atoms with Crippen molar-refractivity contribution in [3.63, 3.8) is 0 Å². The van der Waals surface area contributed by atoms with E-state index in [-0.39, 0.29) is 0 Å². The van der Waals surface area contributed by atoms with Gasteiger partial charge < -0.3 is 25.2 Å². The first kappa shape index (κ1) is 13.7. The summed E-state index contributed by atoms with van der Waals surface area (Å²) < 4.78 is 4.46. The van der Waals surface area contributed by atoms with Crippen molar-refractivity contribution < 1.29 is 30.0 Å². The molecule has 8 heteroatoms. The lowest BCUT2D eigenvalue weighted by Crippen LogP contribution is -2.49. The molecule has 5 N–H and O–H groups in total. The first-order chi connectivity index (χ1) is 7.47.